The second-order valence-electron chi connectivity index (χ2n) is 7.59. The molecule has 2 aromatic carbocycles. The third-order valence-corrected chi connectivity index (χ3v) is 6.14. The minimum atomic E-state index is -0.269. The van der Waals surface area contributed by atoms with Crippen molar-refractivity contribution in [3.63, 3.8) is 0 Å². The minimum Gasteiger partial charge on any atom is -0.360 e. The molecule has 168 valence electrons. The molecule has 0 atom stereocenters. The number of nitrogens with zero attached hydrogens (tertiary/aromatic N) is 4. The van der Waals surface area contributed by atoms with E-state index >= 15 is 0 Å². The van der Waals surface area contributed by atoms with Crippen LogP contribution in [0.3, 0.4) is 0 Å². The maximum Gasteiger partial charge on any atom is 0.257 e. The van der Waals surface area contributed by atoms with Crippen molar-refractivity contribution in [2.75, 3.05) is 0 Å². The molecule has 0 radical (unpaired) electrons. The lowest BCUT2D eigenvalue weighted by atomic mass is 10.1. The molecule has 2 aromatic heterocycles. The van der Waals surface area contributed by atoms with Gasteiger partial charge in [-0.1, -0.05) is 83.2 Å². The molecule has 1 N–H and O–H groups in total. The molecule has 0 saturated carbocycles. The molecule has 0 unspecified atom stereocenters. The second kappa shape index (κ2) is 10.3. The first-order valence-corrected chi connectivity index (χ1v) is 11.6. The first-order chi connectivity index (χ1) is 16.1. The van der Waals surface area contributed by atoms with Gasteiger partial charge in [-0.15, -0.1) is 16.8 Å². The Morgan fingerprint density at radius 2 is 1.97 bits per heavy atom. The summed E-state index contributed by atoms with van der Waals surface area (Å²) in [6, 6.07) is 17.9. The monoisotopic (exact) mass is 459 g/mol. The third kappa shape index (κ3) is 5.23. The van der Waals surface area contributed by atoms with Crippen molar-refractivity contribution in [3.8, 4) is 11.3 Å². The van der Waals surface area contributed by atoms with E-state index in [0.29, 0.717) is 29.4 Å². The fourth-order valence-corrected chi connectivity index (χ4v) is 4.41. The van der Waals surface area contributed by atoms with Gasteiger partial charge >= 0.3 is 0 Å². The summed E-state index contributed by atoms with van der Waals surface area (Å²) in [5.74, 6) is 1.64. The predicted molar refractivity (Wildman–Crippen MR) is 129 cm³/mol. The smallest absolute Gasteiger partial charge is 0.257 e. The number of carbonyl (C=O) groups is 1. The Kier molecular flexibility index (Phi) is 7.04. The number of benzene rings is 2. The number of amides is 1. The van der Waals surface area contributed by atoms with E-state index in [1.165, 1.54) is 11.1 Å². The van der Waals surface area contributed by atoms with Gasteiger partial charge in [-0.2, -0.15) is 0 Å². The van der Waals surface area contributed by atoms with Crippen LogP contribution in [0.4, 0.5) is 0 Å². The van der Waals surface area contributed by atoms with Crippen LogP contribution in [0, 0.1) is 13.8 Å². The van der Waals surface area contributed by atoms with Gasteiger partial charge in [0.1, 0.15) is 17.0 Å². The maximum absolute atomic E-state index is 13.0. The summed E-state index contributed by atoms with van der Waals surface area (Å²) in [6.07, 6.45) is 1.79. The molecule has 7 nitrogen and oxygen atoms in total. The van der Waals surface area contributed by atoms with E-state index in [9.17, 15) is 4.79 Å². The van der Waals surface area contributed by atoms with Gasteiger partial charge < -0.3 is 14.4 Å². The molecule has 0 aliphatic carbocycles. The fourth-order valence-electron chi connectivity index (χ4n) is 3.50. The Labute approximate surface area is 196 Å². The van der Waals surface area contributed by atoms with E-state index in [1.54, 1.807) is 24.8 Å². The molecule has 0 aliphatic rings. The number of aromatic nitrogens is 4. The molecule has 0 bridgehead atoms. The van der Waals surface area contributed by atoms with E-state index in [1.807, 2.05) is 34.9 Å². The SMILES string of the molecule is C=CCn1c(CNC(=O)c2c(-c3ccccc3)noc2C)nnc1SCc1cccc(C)c1. The van der Waals surface area contributed by atoms with Crippen LogP contribution in [0.1, 0.15) is 33.1 Å². The maximum atomic E-state index is 13.0. The van der Waals surface area contributed by atoms with Crippen molar-refractivity contribution in [1.82, 2.24) is 25.2 Å². The number of hydrogen-bond donors (Lipinski definition) is 1. The second-order valence-corrected chi connectivity index (χ2v) is 8.53. The number of thioether (sulfide) groups is 1. The number of rotatable bonds is 9. The number of hydrogen-bond acceptors (Lipinski definition) is 6. The molecule has 0 fully saturated rings. The van der Waals surface area contributed by atoms with Crippen molar-refractivity contribution in [3.05, 3.63) is 95.5 Å². The fraction of sp³-hybridized carbons (Fsp3) is 0.200. The van der Waals surface area contributed by atoms with E-state index < -0.39 is 0 Å². The normalized spacial score (nSPS) is 10.8. The van der Waals surface area contributed by atoms with E-state index in [0.717, 1.165) is 16.5 Å². The van der Waals surface area contributed by atoms with E-state index in [-0.39, 0.29) is 12.5 Å². The lowest BCUT2D eigenvalue weighted by Crippen LogP contribution is -2.25. The summed E-state index contributed by atoms with van der Waals surface area (Å²) in [5.41, 5.74) is 4.21. The van der Waals surface area contributed by atoms with Gasteiger partial charge in [-0.25, -0.2) is 0 Å². The van der Waals surface area contributed by atoms with Gasteiger partial charge in [-0.05, 0) is 19.4 Å². The highest BCUT2D eigenvalue weighted by molar-refractivity contribution is 7.98. The zero-order valence-electron chi connectivity index (χ0n) is 18.6. The third-order valence-electron chi connectivity index (χ3n) is 5.10. The molecular weight excluding hydrogens is 434 g/mol. The first kappa shape index (κ1) is 22.5. The highest BCUT2D eigenvalue weighted by Crippen LogP contribution is 2.25. The van der Waals surface area contributed by atoms with Crippen LogP contribution in [0.2, 0.25) is 0 Å². The van der Waals surface area contributed by atoms with Crippen LogP contribution in [-0.4, -0.2) is 25.8 Å². The summed E-state index contributed by atoms with van der Waals surface area (Å²) in [7, 11) is 0. The minimum absolute atomic E-state index is 0.226. The zero-order valence-corrected chi connectivity index (χ0v) is 19.4. The van der Waals surface area contributed by atoms with Gasteiger partial charge in [0.25, 0.3) is 5.91 Å². The summed E-state index contributed by atoms with van der Waals surface area (Å²) < 4.78 is 7.28. The number of aryl methyl sites for hydroxylation is 2. The van der Waals surface area contributed by atoms with E-state index in [4.69, 9.17) is 4.52 Å². The molecule has 0 saturated heterocycles. The van der Waals surface area contributed by atoms with Gasteiger partial charge in [0.2, 0.25) is 0 Å². The van der Waals surface area contributed by atoms with Crippen molar-refractivity contribution < 1.29 is 9.32 Å². The Balaban J connectivity index is 1.48. The Morgan fingerprint density at radius 1 is 1.15 bits per heavy atom. The average Bonchev–Trinajstić information content (AvgIpc) is 3.40. The molecule has 2 heterocycles. The number of carbonyl (C=O) groups excluding carboxylic acids is 1. The zero-order chi connectivity index (χ0) is 23.2. The number of nitrogens with one attached hydrogen (secondary N) is 1. The largest absolute Gasteiger partial charge is 0.360 e. The van der Waals surface area contributed by atoms with Crippen molar-refractivity contribution >= 4 is 17.7 Å². The first-order valence-electron chi connectivity index (χ1n) is 10.6. The lowest BCUT2D eigenvalue weighted by Gasteiger charge is -2.09. The molecule has 1 amide bonds. The van der Waals surface area contributed by atoms with Gasteiger partial charge in [0, 0.05) is 17.9 Å². The van der Waals surface area contributed by atoms with Crippen molar-refractivity contribution in [2.45, 2.75) is 37.8 Å². The average molecular weight is 460 g/mol. The van der Waals surface area contributed by atoms with E-state index in [2.05, 4.69) is 58.4 Å². The van der Waals surface area contributed by atoms with Crippen LogP contribution in [0.5, 0.6) is 0 Å². The lowest BCUT2D eigenvalue weighted by molar-refractivity contribution is 0.0948. The van der Waals surface area contributed by atoms with Crippen LogP contribution in [0.15, 0.2) is 76.9 Å². The predicted octanol–water partition coefficient (Wildman–Crippen LogP) is 4.96. The Hall–Kier alpha value is -3.65. The van der Waals surface area contributed by atoms with Crippen LogP contribution in [-0.2, 0) is 18.8 Å². The summed E-state index contributed by atoms with van der Waals surface area (Å²) in [6.45, 7) is 8.43. The Bertz CT molecular complexity index is 1260. The molecule has 4 aromatic rings. The van der Waals surface area contributed by atoms with Gasteiger partial charge in [0.15, 0.2) is 11.0 Å². The summed E-state index contributed by atoms with van der Waals surface area (Å²) in [5, 5.41) is 16.5. The van der Waals surface area contributed by atoms with Crippen LogP contribution < -0.4 is 5.32 Å². The van der Waals surface area contributed by atoms with Crippen LogP contribution in [0.25, 0.3) is 11.3 Å². The topological polar surface area (TPSA) is 85.8 Å². The molecule has 4 rings (SSSR count). The quantitative estimate of drug-likeness (QED) is 0.281. The van der Waals surface area contributed by atoms with Crippen molar-refractivity contribution in [1.29, 1.82) is 0 Å². The Morgan fingerprint density at radius 3 is 2.73 bits per heavy atom. The van der Waals surface area contributed by atoms with Crippen molar-refractivity contribution in [2.24, 2.45) is 0 Å². The number of allylic oxidation sites excluding steroid dienone is 1. The summed E-state index contributed by atoms with van der Waals surface area (Å²) in [4.78, 5) is 13.0. The molecular formula is C25H25N5O2S. The highest BCUT2D eigenvalue weighted by Gasteiger charge is 2.22. The summed E-state index contributed by atoms with van der Waals surface area (Å²) >= 11 is 1.61. The molecule has 33 heavy (non-hydrogen) atoms. The standard InChI is InChI=1S/C25H25N5O2S/c1-4-13-30-21(27-28-25(30)33-16-19-10-8-9-17(2)14-19)15-26-24(31)22-18(3)32-29-23(22)20-11-6-5-7-12-20/h4-12,14H,1,13,15-16H2,2-3H3,(H,26,31). The molecule has 0 aliphatic heterocycles. The molecule has 8 heteroatoms. The van der Waals surface area contributed by atoms with Gasteiger partial charge in [0.05, 0.1) is 6.54 Å². The molecule has 0 spiro atoms. The highest BCUT2D eigenvalue weighted by atomic mass is 32.2. The van der Waals surface area contributed by atoms with Gasteiger partial charge in [-0.3, -0.25) is 4.79 Å². The van der Waals surface area contributed by atoms with Crippen LogP contribution >= 0.6 is 11.8 Å².